The second kappa shape index (κ2) is 5.78. The number of esters is 1. The number of carbonyl (C=O) groups excluding carboxylic acids is 1. The summed E-state index contributed by atoms with van der Waals surface area (Å²) < 4.78 is 4.89. The summed E-state index contributed by atoms with van der Waals surface area (Å²) in [6, 6.07) is 0. The van der Waals surface area contributed by atoms with Crippen LogP contribution >= 0.6 is 22.7 Å². The first-order valence-electron chi connectivity index (χ1n) is 5.22. The molecule has 18 heavy (non-hydrogen) atoms. The first-order chi connectivity index (χ1) is 8.70. The predicted octanol–water partition coefficient (Wildman–Crippen LogP) is 1.68. The second-order valence-electron chi connectivity index (χ2n) is 3.28. The molecular weight excluding hydrogens is 274 g/mol. The van der Waals surface area contributed by atoms with Gasteiger partial charge in [0.05, 0.1) is 18.7 Å². The van der Waals surface area contributed by atoms with Crippen molar-refractivity contribution >= 4 is 33.6 Å². The number of hydrogen-bond donors (Lipinski definition) is 2. The number of hydrogen-bond acceptors (Lipinski definition) is 7. The lowest BCUT2D eigenvalue weighted by Gasteiger charge is -2.04. The molecule has 0 atom stereocenters. The summed E-state index contributed by atoms with van der Waals surface area (Å²) >= 11 is 2.42. The van der Waals surface area contributed by atoms with Crippen LogP contribution in [0.1, 0.15) is 23.1 Å². The van der Waals surface area contributed by atoms with Crippen LogP contribution in [0.5, 0.6) is 0 Å². The van der Waals surface area contributed by atoms with Gasteiger partial charge in [0.1, 0.15) is 5.00 Å². The van der Waals surface area contributed by atoms with E-state index in [1.807, 2.05) is 0 Å². The first kappa shape index (κ1) is 12.8. The molecule has 0 unspecified atom stereocenters. The number of ether oxygens (including phenoxy) is 1. The normalized spacial score (nSPS) is 10.3. The molecule has 0 bridgehead atoms. The molecule has 0 saturated heterocycles. The third-order valence-electron chi connectivity index (χ3n) is 2.05. The molecule has 0 aromatic carbocycles. The van der Waals surface area contributed by atoms with Crippen LogP contribution in [-0.4, -0.2) is 22.5 Å². The molecule has 0 saturated carbocycles. The Hall–Kier alpha value is -1.67. The van der Waals surface area contributed by atoms with Crippen LogP contribution in [0, 0.1) is 0 Å². The molecule has 0 amide bonds. The number of rotatable bonds is 5. The van der Waals surface area contributed by atoms with E-state index in [4.69, 9.17) is 4.74 Å². The van der Waals surface area contributed by atoms with Crippen molar-refractivity contribution < 1.29 is 9.53 Å². The minimum Gasteiger partial charge on any atom is -0.461 e. The molecule has 2 heterocycles. The fourth-order valence-corrected chi connectivity index (χ4v) is 2.54. The van der Waals surface area contributed by atoms with E-state index in [1.165, 1.54) is 11.3 Å². The van der Waals surface area contributed by atoms with Gasteiger partial charge in [-0.1, -0.05) is 11.3 Å². The molecule has 8 heteroatoms. The molecule has 2 aromatic heterocycles. The van der Waals surface area contributed by atoms with Crippen LogP contribution in [0.25, 0.3) is 0 Å². The molecule has 0 fully saturated rings. The number of thiazole rings is 2. The van der Waals surface area contributed by atoms with Crippen molar-refractivity contribution in [1.82, 2.24) is 9.97 Å². The maximum Gasteiger partial charge on any atom is 0.360 e. The molecule has 0 aliphatic heterocycles. The molecule has 6 nitrogen and oxygen atoms in total. The minimum absolute atomic E-state index is 0.0956. The molecule has 2 aromatic rings. The summed E-state index contributed by atoms with van der Waals surface area (Å²) in [5.41, 5.74) is 2.62. The Morgan fingerprint density at radius 3 is 3.06 bits per heavy atom. The Balaban J connectivity index is 2.03. The Bertz CT molecular complexity index is 587. The SMILES string of the molecule is CCOC(=O)c1ncsc1NCc1csc(=O)[nH]1. The van der Waals surface area contributed by atoms with Gasteiger partial charge in [-0.05, 0) is 6.92 Å². The fourth-order valence-electron chi connectivity index (χ4n) is 1.29. The Kier molecular flexibility index (Phi) is 4.11. The van der Waals surface area contributed by atoms with Crippen LogP contribution in [-0.2, 0) is 11.3 Å². The fraction of sp³-hybridized carbons (Fsp3) is 0.300. The maximum absolute atomic E-state index is 11.6. The van der Waals surface area contributed by atoms with E-state index in [0.717, 1.165) is 17.0 Å². The van der Waals surface area contributed by atoms with Gasteiger partial charge in [-0.15, -0.1) is 11.3 Å². The van der Waals surface area contributed by atoms with Gasteiger partial charge in [-0.2, -0.15) is 0 Å². The van der Waals surface area contributed by atoms with Crippen LogP contribution < -0.4 is 10.2 Å². The molecule has 0 spiro atoms. The first-order valence-corrected chi connectivity index (χ1v) is 6.97. The van der Waals surface area contributed by atoms with Crippen molar-refractivity contribution in [2.45, 2.75) is 13.5 Å². The highest BCUT2D eigenvalue weighted by atomic mass is 32.1. The molecule has 0 radical (unpaired) electrons. The van der Waals surface area contributed by atoms with E-state index in [9.17, 15) is 9.59 Å². The lowest BCUT2D eigenvalue weighted by Crippen LogP contribution is -2.09. The summed E-state index contributed by atoms with van der Waals surface area (Å²) in [5, 5.41) is 5.43. The van der Waals surface area contributed by atoms with E-state index < -0.39 is 5.97 Å². The number of nitrogens with zero attached hydrogens (tertiary/aromatic N) is 1. The van der Waals surface area contributed by atoms with Crippen LogP contribution in [0.15, 0.2) is 15.7 Å². The molecule has 0 aliphatic rings. The van der Waals surface area contributed by atoms with Crippen molar-refractivity contribution in [3.05, 3.63) is 31.9 Å². The zero-order valence-corrected chi connectivity index (χ0v) is 11.2. The van der Waals surface area contributed by atoms with Crippen molar-refractivity contribution in [3.8, 4) is 0 Å². The Morgan fingerprint density at radius 2 is 2.39 bits per heavy atom. The third-order valence-corrected chi connectivity index (χ3v) is 3.55. The van der Waals surface area contributed by atoms with Gasteiger partial charge in [0.2, 0.25) is 0 Å². The summed E-state index contributed by atoms with van der Waals surface area (Å²) in [6.45, 7) is 2.49. The summed E-state index contributed by atoms with van der Waals surface area (Å²) in [5.74, 6) is -0.444. The van der Waals surface area contributed by atoms with Crippen molar-refractivity contribution in [2.24, 2.45) is 0 Å². The van der Waals surface area contributed by atoms with E-state index in [-0.39, 0.29) is 10.6 Å². The van der Waals surface area contributed by atoms with Gasteiger partial charge < -0.3 is 15.0 Å². The van der Waals surface area contributed by atoms with Gasteiger partial charge in [-0.25, -0.2) is 9.78 Å². The van der Waals surface area contributed by atoms with Crippen molar-refractivity contribution in [3.63, 3.8) is 0 Å². The molecule has 96 valence electrons. The summed E-state index contributed by atoms with van der Waals surface area (Å²) in [6.07, 6.45) is 0. The van der Waals surface area contributed by atoms with E-state index in [0.29, 0.717) is 18.2 Å². The van der Waals surface area contributed by atoms with Crippen molar-refractivity contribution in [1.29, 1.82) is 0 Å². The van der Waals surface area contributed by atoms with Gasteiger partial charge in [0.25, 0.3) is 0 Å². The lowest BCUT2D eigenvalue weighted by molar-refractivity contribution is 0.0521. The van der Waals surface area contributed by atoms with Gasteiger partial charge >= 0.3 is 10.8 Å². The monoisotopic (exact) mass is 285 g/mol. The largest absolute Gasteiger partial charge is 0.461 e. The average molecular weight is 285 g/mol. The molecular formula is C10H11N3O3S2. The number of aromatic amines is 1. The molecule has 0 aliphatic carbocycles. The number of aromatic nitrogens is 2. The number of nitrogens with one attached hydrogen (secondary N) is 2. The zero-order chi connectivity index (χ0) is 13.0. The topological polar surface area (TPSA) is 84.1 Å². The highest BCUT2D eigenvalue weighted by Gasteiger charge is 2.15. The molecule has 2 N–H and O–H groups in total. The average Bonchev–Trinajstić information content (AvgIpc) is 2.95. The quantitative estimate of drug-likeness (QED) is 0.817. The zero-order valence-electron chi connectivity index (χ0n) is 9.56. The van der Waals surface area contributed by atoms with Gasteiger partial charge in [-0.3, -0.25) is 4.79 Å². The highest BCUT2D eigenvalue weighted by Crippen LogP contribution is 2.21. The number of anilines is 1. The minimum atomic E-state index is -0.444. The Labute approximate surface area is 111 Å². The van der Waals surface area contributed by atoms with Gasteiger partial charge in [0, 0.05) is 11.1 Å². The highest BCUT2D eigenvalue weighted by molar-refractivity contribution is 7.14. The number of carbonyl (C=O) groups is 1. The summed E-state index contributed by atoms with van der Waals surface area (Å²) in [7, 11) is 0. The number of H-pyrrole nitrogens is 1. The van der Waals surface area contributed by atoms with Crippen molar-refractivity contribution in [2.75, 3.05) is 11.9 Å². The predicted molar refractivity (Wildman–Crippen MR) is 70.3 cm³/mol. The third kappa shape index (κ3) is 2.96. The van der Waals surface area contributed by atoms with Crippen LogP contribution in [0.4, 0.5) is 5.00 Å². The molecule has 2 rings (SSSR count). The summed E-state index contributed by atoms with van der Waals surface area (Å²) in [4.78, 5) is 29.1. The van der Waals surface area contributed by atoms with E-state index in [1.54, 1.807) is 17.8 Å². The maximum atomic E-state index is 11.6. The van der Waals surface area contributed by atoms with Crippen LogP contribution in [0.2, 0.25) is 0 Å². The lowest BCUT2D eigenvalue weighted by atomic mass is 10.4. The Morgan fingerprint density at radius 1 is 1.56 bits per heavy atom. The standard InChI is InChI=1S/C10H11N3O3S2/c1-2-16-9(14)7-8(18-5-12-7)11-3-6-4-17-10(15)13-6/h4-5,11H,2-3H2,1H3,(H,13,15). The van der Waals surface area contributed by atoms with E-state index in [2.05, 4.69) is 15.3 Å². The van der Waals surface area contributed by atoms with Gasteiger partial charge in [0.15, 0.2) is 5.69 Å². The smallest absolute Gasteiger partial charge is 0.360 e. The van der Waals surface area contributed by atoms with E-state index >= 15 is 0 Å². The second-order valence-corrected chi connectivity index (χ2v) is 4.97. The van der Waals surface area contributed by atoms with Crippen LogP contribution in [0.3, 0.4) is 0 Å².